The predicted octanol–water partition coefficient (Wildman–Crippen LogP) is 1.65. The van der Waals surface area contributed by atoms with Crippen molar-refractivity contribution in [3.05, 3.63) is 29.3 Å². The molecule has 0 bridgehead atoms. The summed E-state index contributed by atoms with van der Waals surface area (Å²) in [5, 5.41) is 0.645. The second-order valence-corrected chi connectivity index (χ2v) is 6.04. The van der Waals surface area contributed by atoms with Crippen LogP contribution in [0.2, 0.25) is 5.02 Å². The minimum absolute atomic E-state index is 0.0264. The molecule has 0 aliphatic carbocycles. The second kappa shape index (κ2) is 7.31. The lowest BCUT2D eigenvalue weighted by Crippen LogP contribution is -2.52. The molecule has 0 radical (unpaired) electrons. The third-order valence-corrected chi connectivity index (χ3v) is 4.57. The zero-order chi connectivity index (χ0) is 15.4. The Balaban J connectivity index is 1.39. The lowest BCUT2D eigenvalue weighted by molar-refractivity contribution is -0.142. The van der Waals surface area contributed by atoms with E-state index in [0.717, 1.165) is 44.9 Å². The van der Waals surface area contributed by atoms with E-state index in [1.165, 1.54) is 0 Å². The molecule has 22 heavy (non-hydrogen) atoms. The average Bonchev–Trinajstić information content (AvgIpc) is 2.96. The summed E-state index contributed by atoms with van der Waals surface area (Å²) in [6.45, 7) is 5.78. The number of ether oxygens (including phenoxy) is 2. The van der Waals surface area contributed by atoms with Gasteiger partial charge in [-0.25, -0.2) is 0 Å². The van der Waals surface area contributed by atoms with Crippen LogP contribution in [0.3, 0.4) is 0 Å². The standard InChI is InChI=1S/C16H21ClN2O3/c17-13-3-1-2-4-15(13)21-12-10-18-6-8-19(9-7-18)14-5-11-22-16(14)20/h1-4,14H,5-12H2. The summed E-state index contributed by atoms with van der Waals surface area (Å²) in [5.41, 5.74) is 0. The Morgan fingerprint density at radius 2 is 2.00 bits per heavy atom. The summed E-state index contributed by atoms with van der Waals surface area (Å²) in [7, 11) is 0. The van der Waals surface area contributed by atoms with Crippen LogP contribution in [-0.4, -0.2) is 67.7 Å². The molecule has 2 saturated heterocycles. The summed E-state index contributed by atoms with van der Waals surface area (Å²) < 4.78 is 10.8. The maximum absolute atomic E-state index is 11.6. The summed E-state index contributed by atoms with van der Waals surface area (Å²) in [6.07, 6.45) is 0.828. The number of halogens is 1. The monoisotopic (exact) mass is 324 g/mol. The van der Waals surface area contributed by atoms with Gasteiger partial charge in [0.25, 0.3) is 0 Å². The van der Waals surface area contributed by atoms with Gasteiger partial charge in [-0.3, -0.25) is 14.6 Å². The molecule has 120 valence electrons. The third-order valence-electron chi connectivity index (χ3n) is 4.26. The number of carbonyl (C=O) groups is 1. The first-order chi connectivity index (χ1) is 10.7. The molecule has 2 aliphatic heterocycles. The fraction of sp³-hybridized carbons (Fsp3) is 0.562. The predicted molar refractivity (Wildman–Crippen MR) is 84.3 cm³/mol. The van der Waals surface area contributed by atoms with Crippen LogP contribution in [0.4, 0.5) is 0 Å². The second-order valence-electron chi connectivity index (χ2n) is 5.63. The van der Waals surface area contributed by atoms with Crippen molar-refractivity contribution in [3.8, 4) is 5.75 Å². The van der Waals surface area contributed by atoms with Gasteiger partial charge >= 0.3 is 5.97 Å². The lowest BCUT2D eigenvalue weighted by Gasteiger charge is -2.36. The topological polar surface area (TPSA) is 42.0 Å². The molecule has 2 heterocycles. The van der Waals surface area contributed by atoms with Gasteiger partial charge in [0.15, 0.2) is 0 Å². The molecule has 3 rings (SSSR count). The highest BCUT2D eigenvalue weighted by atomic mass is 35.5. The number of hydrogen-bond donors (Lipinski definition) is 0. The van der Waals surface area contributed by atoms with Crippen molar-refractivity contribution in [2.45, 2.75) is 12.5 Å². The molecule has 1 aromatic carbocycles. The molecule has 1 unspecified atom stereocenters. The minimum atomic E-state index is -0.0597. The van der Waals surface area contributed by atoms with Gasteiger partial charge in [-0.15, -0.1) is 0 Å². The molecular formula is C16H21ClN2O3. The molecule has 0 saturated carbocycles. The summed E-state index contributed by atoms with van der Waals surface area (Å²) in [5.74, 6) is 0.673. The van der Waals surface area contributed by atoms with Crippen LogP contribution >= 0.6 is 11.6 Å². The van der Waals surface area contributed by atoms with Crippen molar-refractivity contribution in [1.82, 2.24) is 9.80 Å². The smallest absolute Gasteiger partial charge is 0.323 e. The Morgan fingerprint density at radius 3 is 2.68 bits per heavy atom. The maximum Gasteiger partial charge on any atom is 0.323 e. The number of hydrogen-bond acceptors (Lipinski definition) is 5. The van der Waals surface area contributed by atoms with Crippen molar-refractivity contribution in [2.24, 2.45) is 0 Å². The number of nitrogens with zero attached hydrogens (tertiary/aromatic N) is 2. The van der Waals surface area contributed by atoms with E-state index in [1.54, 1.807) is 0 Å². The van der Waals surface area contributed by atoms with Crippen LogP contribution in [0, 0.1) is 0 Å². The number of esters is 1. The number of cyclic esters (lactones) is 1. The normalized spacial score (nSPS) is 23.5. The minimum Gasteiger partial charge on any atom is -0.491 e. The highest BCUT2D eigenvalue weighted by Crippen LogP contribution is 2.23. The first-order valence-corrected chi connectivity index (χ1v) is 8.12. The van der Waals surface area contributed by atoms with Crippen molar-refractivity contribution < 1.29 is 14.3 Å². The Labute approximate surface area is 135 Å². The van der Waals surface area contributed by atoms with Gasteiger partial charge in [0.05, 0.1) is 11.6 Å². The zero-order valence-corrected chi connectivity index (χ0v) is 13.3. The number of carbonyl (C=O) groups excluding carboxylic acids is 1. The van der Waals surface area contributed by atoms with E-state index in [9.17, 15) is 4.79 Å². The van der Waals surface area contributed by atoms with E-state index in [0.29, 0.717) is 18.2 Å². The van der Waals surface area contributed by atoms with Gasteiger partial charge in [-0.1, -0.05) is 23.7 Å². The summed E-state index contributed by atoms with van der Waals surface area (Å²) >= 11 is 6.06. The maximum atomic E-state index is 11.6. The van der Waals surface area contributed by atoms with Gasteiger partial charge in [-0.2, -0.15) is 0 Å². The fourth-order valence-electron chi connectivity index (χ4n) is 2.96. The molecule has 1 atom stereocenters. The Kier molecular flexibility index (Phi) is 5.18. The first kappa shape index (κ1) is 15.6. The third kappa shape index (κ3) is 3.72. The average molecular weight is 325 g/mol. The molecule has 6 heteroatoms. The lowest BCUT2D eigenvalue weighted by atomic mass is 10.2. The van der Waals surface area contributed by atoms with E-state index >= 15 is 0 Å². The molecule has 2 fully saturated rings. The van der Waals surface area contributed by atoms with E-state index < -0.39 is 0 Å². The number of para-hydroxylation sites is 1. The Hall–Kier alpha value is -1.30. The molecule has 0 aromatic heterocycles. The number of benzene rings is 1. The van der Waals surface area contributed by atoms with Crippen molar-refractivity contribution >= 4 is 17.6 Å². The largest absolute Gasteiger partial charge is 0.491 e. The fourth-order valence-corrected chi connectivity index (χ4v) is 3.15. The van der Waals surface area contributed by atoms with Gasteiger partial charge in [0.2, 0.25) is 0 Å². The van der Waals surface area contributed by atoms with Gasteiger partial charge in [0, 0.05) is 39.1 Å². The van der Waals surface area contributed by atoms with Crippen LogP contribution in [0.5, 0.6) is 5.75 Å². The Morgan fingerprint density at radius 1 is 1.23 bits per heavy atom. The van der Waals surface area contributed by atoms with E-state index in [1.807, 2.05) is 24.3 Å². The van der Waals surface area contributed by atoms with Crippen LogP contribution in [0.15, 0.2) is 24.3 Å². The van der Waals surface area contributed by atoms with Crippen molar-refractivity contribution in [3.63, 3.8) is 0 Å². The zero-order valence-electron chi connectivity index (χ0n) is 12.5. The first-order valence-electron chi connectivity index (χ1n) is 7.74. The van der Waals surface area contributed by atoms with Crippen molar-refractivity contribution in [1.29, 1.82) is 0 Å². The molecule has 1 aromatic rings. The van der Waals surface area contributed by atoms with Crippen LogP contribution in [-0.2, 0) is 9.53 Å². The number of piperazine rings is 1. The number of rotatable bonds is 5. The molecule has 2 aliphatic rings. The van der Waals surface area contributed by atoms with Gasteiger partial charge < -0.3 is 9.47 Å². The van der Waals surface area contributed by atoms with Crippen LogP contribution in [0.25, 0.3) is 0 Å². The summed E-state index contributed by atoms with van der Waals surface area (Å²) in [6, 6.07) is 7.49. The van der Waals surface area contributed by atoms with E-state index in [4.69, 9.17) is 21.1 Å². The van der Waals surface area contributed by atoms with Crippen molar-refractivity contribution in [2.75, 3.05) is 45.9 Å². The highest BCUT2D eigenvalue weighted by molar-refractivity contribution is 6.32. The van der Waals surface area contributed by atoms with Crippen LogP contribution in [0.1, 0.15) is 6.42 Å². The Bertz CT molecular complexity index is 518. The molecule has 0 N–H and O–H groups in total. The van der Waals surface area contributed by atoms with Gasteiger partial charge in [-0.05, 0) is 12.1 Å². The quantitative estimate of drug-likeness (QED) is 0.770. The van der Waals surface area contributed by atoms with Crippen LogP contribution < -0.4 is 4.74 Å². The molecular weight excluding hydrogens is 304 g/mol. The molecule has 0 amide bonds. The molecule has 5 nitrogen and oxygen atoms in total. The SMILES string of the molecule is O=C1OCCC1N1CCN(CCOc2ccccc2Cl)CC1. The highest BCUT2D eigenvalue weighted by Gasteiger charge is 2.33. The van der Waals surface area contributed by atoms with E-state index in [-0.39, 0.29) is 12.0 Å². The van der Waals surface area contributed by atoms with E-state index in [2.05, 4.69) is 9.80 Å². The van der Waals surface area contributed by atoms with Gasteiger partial charge in [0.1, 0.15) is 18.4 Å². The molecule has 0 spiro atoms. The summed E-state index contributed by atoms with van der Waals surface area (Å²) in [4.78, 5) is 16.2.